The summed E-state index contributed by atoms with van der Waals surface area (Å²) in [5, 5.41) is 4.07. The van der Waals surface area contributed by atoms with Crippen molar-refractivity contribution in [3.05, 3.63) is 60.2 Å². The molecule has 1 aliphatic rings. The number of ether oxygens (including phenoxy) is 1. The maximum Gasteiger partial charge on any atom is 0.227 e. The molecule has 1 amide bonds. The molecule has 0 spiro atoms. The van der Waals surface area contributed by atoms with E-state index in [9.17, 15) is 9.18 Å². The van der Waals surface area contributed by atoms with E-state index >= 15 is 0 Å². The molecule has 4 rings (SSSR count). The molecule has 7 heteroatoms. The maximum atomic E-state index is 13.9. The third-order valence-electron chi connectivity index (χ3n) is 5.34. The molecule has 3 aromatic rings. The number of fused-ring (bicyclic) bond motifs is 1. The topological polar surface area (TPSA) is 67.3 Å². The molecule has 0 unspecified atom stereocenters. The fourth-order valence-electron chi connectivity index (χ4n) is 3.76. The summed E-state index contributed by atoms with van der Waals surface area (Å²) in [5.41, 5.74) is 1.21. The van der Waals surface area contributed by atoms with Crippen LogP contribution >= 0.6 is 0 Å². The zero-order valence-corrected chi connectivity index (χ0v) is 16.3. The zero-order chi connectivity index (χ0) is 20.2. The van der Waals surface area contributed by atoms with Crippen molar-refractivity contribution in [2.24, 2.45) is 0 Å². The molecular weight excluding hydrogens is 371 g/mol. The predicted molar refractivity (Wildman–Crippen MR) is 109 cm³/mol. The Morgan fingerprint density at radius 1 is 1.17 bits per heavy atom. The molecule has 2 heterocycles. The Hall–Kier alpha value is -3.22. The van der Waals surface area contributed by atoms with E-state index in [1.807, 2.05) is 35.2 Å². The number of amides is 1. The number of benzene rings is 2. The van der Waals surface area contributed by atoms with Crippen molar-refractivity contribution in [2.75, 3.05) is 25.5 Å². The van der Waals surface area contributed by atoms with Crippen molar-refractivity contribution in [2.45, 2.75) is 25.3 Å². The average Bonchev–Trinajstić information content (AvgIpc) is 2.75. The number of halogens is 1. The first-order chi connectivity index (χ1) is 14.2. The highest BCUT2D eigenvalue weighted by molar-refractivity contribution is 5.89. The number of nitrogens with zero attached hydrogens (tertiary/aromatic N) is 3. The minimum atomic E-state index is -0.357. The van der Waals surface area contributed by atoms with Gasteiger partial charge in [-0.15, -0.1) is 0 Å². The molecule has 6 nitrogen and oxygen atoms in total. The van der Waals surface area contributed by atoms with Crippen LogP contribution in [-0.4, -0.2) is 47.0 Å². The Morgan fingerprint density at radius 3 is 2.76 bits per heavy atom. The molecule has 0 atom stereocenters. The molecule has 1 fully saturated rings. The van der Waals surface area contributed by atoms with Crippen LogP contribution < -0.4 is 10.1 Å². The number of nitrogens with one attached hydrogen (secondary N) is 1. The highest BCUT2D eigenvalue weighted by Crippen LogP contribution is 2.24. The summed E-state index contributed by atoms with van der Waals surface area (Å²) in [7, 11) is 1.61. The van der Waals surface area contributed by atoms with Crippen LogP contribution in [0.15, 0.2) is 48.8 Å². The van der Waals surface area contributed by atoms with Gasteiger partial charge in [0.2, 0.25) is 5.91 Å². The molecular formula is C22H23FN4O2. The molecule has 0 aliphatic carbocycles. The SMILES string of the molecule is COc1ccccc1CC(=O)N1CCC(Nc2ncnc3c(F)cccc23)CC1. The normalized spacial score (nSPS) is 14.8. The van der Waals surface area contributed by atoms with Crippen molar-refractivity contribution < 1.29 is 13.9 Å². The van der Waals surface area contributed by atoms with Gasteiger partial charge in [0.05, 0.1) is 13.5 Å². The van der Waals surface area contributed by atoms with Gasteiger partial charge in [-0.2, -0.15) is 0 Å². The van der Waals surface area contributed by atoms with Gasteiger partial charge >= 0.3 is 0 Å². The van der Waals surface area contributed by atoms with E-state index in [0.29, 0.717) is 36.2 Å². The van der Waals surface area contributed by atoms with Gasteiger partial charge in [0.1, 0.15) is 29.2 Å². The number of anilines is 1. The summed E-state index contributed by atoms with van der Waals surface area (Å²) in [6.07, 6.45) is 3.31. The highest BCUT2D eigenvalue weighted by Gasteiger charge is 2.24. The van der Waals surface area contributed by atoms with Crippen molar-refractivity contribution in [3.63, 3.8) is 0 Å². The number of hydrogen-bond acceptors (Lipinski definition) is 5. The van der Waals surface area contributed by atoms with Crippen LogP contribution in [-0.2, 0) is 11.2 Å². The lowest BCUT2D eigenvalue weighted by molar-refractivity contribution is -0.131. The summed E-state index contributed by atoms with van der Waals surface area (Å²) < 4.78 is 19.3. The summed E-state index contributed by atoms with van der Waals surface area (Å²) >= 11 is 0. The van der Waals surface area contributed by atoms with E-state index in [4.69, 9.17) is 4.74 Å². The molecule has 0 saturated carbocycles. The third kappa shape index (κ3) is 4.13. The van der Waals surface area contributed by atoms with Gasteiger partial charge in [-0.05, 0) is 31.0 Å². The van der Waals surface area contributed by atoms with Gasteiger partial charge in [-0.1, -0.05) is 24.3 Å². The van der Waals surface area contributed by atoms with Crippen molar-refractivity contribution in [1.82, 2.24) is 14.9 Å². The molecule has 1 N–H and O–H groups in total. The summed E-state index contributed by atoms with van der Waals surface area (Å²) in [6.45, 7) is 1.34. The highest BCUT2D eigenvalue weighted by atomic mass is 19.1. The summed E-state index contributed by atoms with van der Waals surface area (Å²) in [5.74, 6) is 1.11. The van der Waals surface area contributed by atoms with Gasteiger partial charge in [-0.3, -0.25) is 4.79 Å². The quantitative estimate of drug-likeness (QED) is 0.718. The molecule has 1 aromatic heterocycles. The summed E-state index contributed by atoms with van der Waals surface area (Å²) in [4.78, 5) is 22.9. The number of carbonyl (C=O) groups is 1. The number of likely N-dealkylation sites (tertiary alicyclic amines) is 1. The zero-order valence-electron chi connectivity index (χ0n) is 16.3. The fourth-order valence-corrected chi connectivity index (χ4v) is 3.76. The molecule has 1 saturated heterocycles. The summed E-state index contributed by atoms with van der Waals surface area (Å²) in [6, 6.07) is 12.6. The monoisotopic (exact) mass is 394 g/mol. The van der Waals surface area contributed by atoms with Crippen molar-refractivity contribution >= 4 is 22.6 Å². The number of aromatic nitrogens is 2. The third-order valence-corrected chi connectivity index (χ3v) is 5.34. The first kappa shape index (κ1) is 19.1. The lowest BCUT2D eigenvalue weighted by atomic mass is 10.0. The van der Waals surface area contributed by atoms with E-state index in [-0.39, 0.29) is 17.8 Å². The smallest absolute Gasteiger partial charge is 0.227 e. The molecule has 2 aromatic carbocycles. The number of carbonyl (C=O) groups excluding carboxylic acids is 1. The second-order valence-corrected chi connectivity index (χ2v) is 7.15. The lowest BCUT2D eigenvalue weighted by Crippen LogP contribution is -2.43. The number of methoxy groups -OCH3 is 1. The van der Waals surface area contributed by atoms with Gasteiger partial charge in [0.25, 0.3) is 0 Å². The second-order valence-electron chi connectivity index (χ2n) is 7.15. The van der Waals surface area contributed by atoms with Crippen LogP contribution in [0.2, 0.25) is 0 Å². The molecule has 150 valence electrons. The Morgan fingerprint density at radius 2 is 1.97 bits per heavy atom. The van der Waals surface area contributed by atoms with Gasteiger partial charge in [-0.25, -0.2) is 14.4 Å². The molecule has 0 radical (unpaired) electrons. The van der Waals surface area contributed by atoms with Crippen molar-refractivity contribution in [1.29, 1.82) is 0 Å². The molecule has 0 bridgehead atoms. The largest absolute Gasteiger partial charge is 0.496 e. The maximum absolute atomic E-state index is 13.9. The minimum absolute atomic E-state index is 0.0995. The Kier molecular flexibility index (Phi) is 5.55. The van der Waals surface area contributed by atoms with Crippen LogP contribution in [0.25, 0.3) is 10.9 Å². The molecule has 1 aliphatic heterocycles. The average molecular weight is 394 g/mol. The Labute approximate surface area is 168 Å². The van der Waals surface area contributed by atoms with Crippen LogP contribution in [0.3, 0.4) is 0 Å². The van der Waals surface area contributed by atoms with Crippen LogP contribution in [0.5, 0.6) is 5.75 Å². The standard InChI is InChI=1S/C22H23FN4O2/c1-29-19-8-3-2-5-15(19)13-20(28)27-11-9-16(10-12-27)26-22-17-6-4-7-18(23)21(17)24-14-25-22/h2-8,14,16H,9-13H2,1H3,(H,24,25,26). The number of rotatable bonds is 5. The fraction of sp³-hybridized carbons (Fsp3) is 0.318. The van der Waals surface area contributed by atoms with Gasteiger partial charge < -0.3 is 15.0 Å². The van der Waals surface area contributed by atoms with E-state index in [1.54, 1.807) is 13.2 Å². The number of hydrogen-bond donors (Lipinski definition) is 1. The van der Waals surface area contributed by atoms with E-state index in [0.717, 1.165) is 24.2 Å². The van der Waals surface area contributed by atoms with Gasteiger partial charge in [0, 0.05) is 30.1 Å². The van der Waals surface area contributed by atoms with Crippen molar-refractivity contribution in [3.8, 4) is 5.75 Å². The van der Waals surface area contributed by atoms with Crippen LogP contribution in [0.1, 0.15) is 18.4 Å². The van der Waals surface area contributed by atoms with Crippen LogP contribution in [0, 0.1) is 5.82 Å². The van der Waals surface area contributed by atoms with Crippen LogP contribution in [0.4, 0.5) is 10.2 Å². The molecule has 29 heavy (non-hydrogen) atoms. The predicted octanol–water partition coefficient (Wildman–Crippen LogP) is 3.42. The van der Waals surface area contributed by atoms with E-state index in [2.05, 4.69) is 15.3 Å². The lowest BCUT2D eigenvalue weighted by Gasteiger charge is -2.33. The van der Waals surface area contributed by atoms with E-state index in [1.165, 1.54) is 12.4 Å². The Bertz CT molecular complexity index is 1020. The Balaban J connectivity index is 1.38. The number of para-hydroxylation sites is 2. The second kappa shape index (κ2) is 8.43. The van der Waals surface area contributed by atoms with Gasteiger partial charge in [0.15, 0.2) is 0 Å². The first-order valence-electron chi connectivity index (χ1n) is 9.71. The first-order valence-corrected chi connectivity index (χ1v) is 9.71. The van der Waals surface area contributed by atoms with E-state index < -0.39 is 0 Å². The number of piperidine rings is 1. The minimum Gasteiger partial charge on any atom is -0.496 e.